The molecule has 0 spiro atoms. The zero-order valence-corrected chi connectivity index (χ0v) is 10.2. The number of nitrogen functional groups attached to an aromatic ring is 2. The number of aromatic nitrogens is 2. The highest BCUT2D eigenvalue weighted by molar-refractivity contribution is 5.64. The third kappa shape index (κ3) is 2.01. The van der Waals surface area contributed by atoms with E-state index in [0.29, 0.717) is 5.82 Å². The van der Waals surface area contributed by atoms with Crippen molar-refractivity contribution >= 4 is 11.8 Å². The zero-order chi connectivity index (χ0) is 12.5. The molecule has 4 nitrogen and oxygen atoms in total. The summed E-state index contributed by atoms with van der Waals surface area (Å²) in [5, 5.41) is 0. The van der Waals surface area contributed by atoms with Crippen molar-refractivity contribution in [1.29, 1.82) is 0 Å². The highest BCUT2D eigenvalue weighted by Crippen LogP contribution is 2.27. The third-order valence-corrected chi connectivity index (χ3v) is 3.41. The van der Waals surface area contributed by atoms with Crippen LogP contribution in [0.15, 0.2) is 24.3 Å². The first kappa shape index (κ1) is 11.0. The molecule has 1 aromatic heterocycles. The molecule has 0 saturated carbocycles. The first-order valence-corrected chi connectivity index (χ1v) is 6.24. The standard InChI is InChI=1S/C14H16N4/c15-13-8-12(17-14(16)18-13)11-6-5-9-3-1-2-4-10(9)7-11/h5-8H,1-4H2,(H4,15,16,17,18). The van der Waals surface area contributed by atoms with Gasteiger partial charge in [-0.15, -0.1) is 0 Å². The van der Waals surface area contributed by atoms with E-state index in [1.807, 2.05) is 0 Å². The number of hydrogen-bond donors (Lipinski definition) is 2. The smallest absolute Gasteiger partial charge is 0.222 e. The number of anilines is 2. The number of hydrogen-bond acceptors (Lipinski definition) is 4. The SMILES string of the molecule is Nc1cc(-c2ccc3c(c2)CCCC3)nc(N)n1. The lowest BCUT2D eigenvalue weighted by Crippen LogP contribution is -2.04. The van der Waals surface area contributed by atoms with Gasteiger partial charge in [-0.05, 0) is 42.9 Å². The molecule has 0 amide bonds. The van der Waals surface area contributed by atoms with Crippen molar-refractivity contribution in [3.8, 4) is 11.3 Å². The largest absolute Gasteiger partial charge is 0.384 e. The van der Waals surface area contributed by atoms with Crippen LogP contribution in [-0.2, 0) is 12.8 Å². The number of fused-ring (bicyclic) bond motifs is 1. The zero-order valence-electron chi connectivity index (χ0n) is 10.2. The van der Waals surface area contributed by atoms with Gasteiger partial charge in [-0.3, -0.25) is 0 Å². The highest BCUT2D eigenvalue weighted by atomic mass is 15.0. The molecular formula is C14H16N4. The van der Waals surface area contributed by atoms with Gasteiger partial charge in [-0.2, -0.15) is 4.98 Å². The second kappa shape index (κ2) is 4.29. The molecule has 0 aliphatic heterocycles. The Morgan fingerprint density at radius 2 is 1.67 bits per heavy atom. The number of rotatable bonds is 1. The van der Waals surface area contributed by atoms with E-state index in [0.717, 1.165) is 17.7 Å². The van der Waals surface area contributed by atoms with Crippen LogP contribution in [-0.4, -0.2) is 9.97 Å². The van der Waals surface area contributed by atoms with Gasteiger partial charge in [-0.25, -0.2) is 4.98 Å². The lowest BCUT2D eigenvalue weighted by molar-refractivity contribution is 0.686. The predicted octanol–water partition coefficient (Wildman–Crippen LogP) is 2.19. The first-order chi connectivity index (χ1) is 8.72. The van der Waals surface area contributed by atoms with Crippen molar-refractivity contribution in [1.82, 2.24) is 9.97 Å². The van der Waals surface area contributed by atoms with Crippen molar-refractivity contribution in [2.45, 2.75) is 25.7 Å². The van der Waals surface area contributed by atoms with Crippen LogP contribution in [0.4, 0.5) is 11.8 Å². The Balaban J connectivity index is 2.06. The maximum Gasteiger partial charge on any atom is 0.222 e. The number of nitrogens with zero attached hydrogens (tertiary/aromatic N) is 2. The third-order valence-electron chi connectivity index (χ3n) is 3.41. The Labute approximate surface area is 106 Å². The first-order valence-electron chi connectivity index (χ1n) is 6.24. The molecular weight excluding hydrogens is 224 g/mol. The van der Waals surface area contributed by atoms with Crippen LogP contribution in [0.3, 0.4) is 0 Å². The number of benzene rings is 1. The molecule has 4 N–H and O–H groups in total. The van der Waals surface area contributed by atoms with Gasteiger partial charge in [0.25, 0.3) is 0 Å². The lowest BCUT2D eigenvalue weighted by Gasteiger charge is -2.16. The van der Waals surface area contributed by atoms with E-state index in [2.05, 4.69) is 28.2 Å². The molecule has 92 valence electrons. The highest BCUT2D eigenvalue weighted by Gasteiger charge is 2.11. The molecule has 0 saturated heterocycles. The predicted molar refractivity (Wildman–Crippen MR) is 72.9 cm³/mol. The molecule has 1 aromatic carbocycles. The molecule has 0 bridgehead atoms. The van der Waals surface area contributed by atoms with Crippen molar-refractivity contribution < 1.29 is 0 Å². The van der Waals surface area contributed by atoms with Crippen LogP contribution in [0, 0.1) is 0 Å². The summed E-state index contributed by atoms with van der Waals surface area (Å²) in [6.07, 6.45) is 4.90. The quantitative estimate of drug-likeness (QED) is 0.801. The van der Waals surface area contributed by atoms with Gasteiger partial charge in [0.2, 0.25) is 5.95 Å². The molecule has 3 rings (SSSR count). The van der Waals surface area contributed by atoms with E-state index in [-0.39, 0.29) is 5.95 Å². The summed E-state index contributed by atoms with van der Waals surface area (Å²) in [6, 6.07) is 8.25. The van der Waals surface area contributed by atoms with E-state index in [9.17, 15) is 0 Å². The maximum atomic E-state index is 5.70. The molecule has 0 unspecified atom stereocenters. The van der Waals surface area contributed by atoms with Crippen molar-refractivity contribution in [3.63, 3.8) is 0 Å². The minimum atomic E-state index is 0.225. The molecule has 0 fully saturated rings. The van der Waals surface area contributed by atoms with Gasteiger partial charge in [0, 0.05) is 11.6 Å². The van der Waals surface area contributed by atoms with Gasteiger partial charge >= 0.3 is 0 Å². The Hall–Kier alpha value is -2.10. The molecule has 1 aliphatic carbocycles. The molecule has 0 atom stereocenters. The summed E-state index contributed by atoms with van der Waals surface area (Å²) < 4.78 is 0. The van der Waals surface area contributed by atoms with Gasteiger partial charge in [0.15, 0.2) is 0 Å². The van der Waals surface area contributed by atoms with Crippen molar-refractivity contribution in [2.75, 3.05) is 11.5 Å². The lowest BCUT2D eigenvalue weighted by atomic mass is 9.90. The van der Waals surface area contributed by atoms with E-state index >= 15 is 0 Å². The number of aryl methyl sites for hydroxylation is 2. The van der Waals surface area contributed by atoms with Crippen LogP contribution in [0.1, 0.15) is 24.0 Å². The monoisotopic (exact) mass is 240 g/mol. The fourth-order valence-electron chi connectivity index (χ4n) is 2.53. The van der Waals surface area contributed by atoms with Crippen LogP contribution in [0.2, 0.25) is 0 Å². The van der Waals surface area contributed by atoms with E-state index in [4.69, 9.17) is 11.5 Å². The minimum absolute atomic E-state index is 0.225. The minimum Gasteiger partial charge on any atom is -0.384 e. The fourth-order valence-corrected chi connectivity index (χ4v) is 2.53. The van der Waals surface area contributed by atoms with E-state index < -0.39 is 0 Å². The Bertz CT molecular complexity index is 572. The summed E-state index contributed by atoms with van der Waals surface area (Å²) in [4.78, 5) is 8.13. The van der Waals surface area contributed by atoms with Crippen LogP contribution < -0.4 is 11.5 Å². The second-order valence-corrected chi connectivity index (χ2v) is 4.73. The van der Waals surface area contributed by atoms with Gasteiger partial charge in [-0.1, -0.05) is 12.1 Å². The molecule has 1 heterocycles. The average molecular weight is 240 g/mol. The fraction of sp³-hybridized carbons (Fsp3) is 0.286. The Kier molecular flexibility index (Phi) is 2.63. The van der Waals surface area contributed by atoms with Crippen molar-refractivity contribution in [3.05, 3.63) is 35.4 Å². The Morgan fingerprint density at radius 3 is 2.44 bits per heavy atom. The molecule has 0 radical (unpaired) electrons. The summed E-state index contributed by atoms with van der Waals surface area (Å²) in [6.45, 7) is 0. The topological polar surface area (TPSA) is 77.8 Å². The van der Waals surface area contributed by atoms with Gasteiger partial charge in [0.1, 0.15) is 5.82 Å². The van der Waals surface area contributed by atoms with E-state index in [1.54, 1.807) is 6.07 Å². The van der Waals surface area contributed by atoms with Crippen LogP contribution in [0.5, 0.6) is 0 Å². The summed E-state index contributed by atoms with van der Waals surface area (Å²) in [5.41, 5.74) is 16.1. The number of nitrogens with two attached hydrogens (primary N) is 2. The molecule has 1 aliphatic rings. The average Bonchev–Trinajstić information content (AvgIpc) is 2.37. The Morgan fingerprint density at radius 1 is 0.889 bits per heavy atom. The summed E-state index contributed by atoms with van der Waals surface area (Å²) in [5.74, 6) is 0.637. The molecule has 2 aromatic rings. The second-order valence-electron chi connectivity index (χ2n) is 4.73. The van der Waals surface area contributed by atoms with Gasteiger partial charge < -0.3 is 11.5 Å². The van der Waals surface area contributed by atoms with Crippen LogP contribution >= 0.6 is 0 Å². The normalized spacial score (nSPS) is 14.2. The maximum absolute atomic E-state index is 5.70. The molecule has 18 heavy (non-hydrogen) atoms. The summed E-state index contributed by atoms with van der Waals surface area (Å²) in [7, 11) is 0. The van der Waals surface area contributed by atoms with E-state index in [1.165, 1.54) is 30.4 Å². The molecule has 4 heteroatoms. The van der Waals surface area contributed by atoms with Gasteiger partial charge in [0.05, 0.1) is 5.69 Å². The van der Waals surface area contributed by atoms with Crippen molar-refractivity contribution in [2.24, 2.45) is 0 Å². The summed E-state index contributed by atoms with van der Waals surface area (Å²) >= 11 is 0. The van der Waals surface area contributed by atoms with Crippen LogP contribution in [0.25, 0.3) is 11.3 Å².